The highest BCUT2D eigenvalue weighted by molar-refractivity contribution is 7.18. The highest BCUT2D eigenvalue weighted by Crippen LogP contribution is 2.24. The Morgan fingerprint density at radius 2 is 2.08 bits per heavy atom. The predicted molar refractivity (Wildman–Crippen MR) is 92.5 cm³/mol. The summed E-state index contributed by atoms with van der Waals surface area (Å²) in [5, 5.41) is 33.8. The Morgan fingerprint density at radius 3 is 2.76 bits per heavy atom. The van der Waals surface area contributed by atoms with Crippen LogP contribution in [0.4, 0.5) is 5.13 Å². The van der Waals surface area contributed by atoms with Gasteiger partial charge in [0.25, 0.3) is 0 Å². The van der Waals surface area contributed by atoms with Crippen LogP contribution in [-0.2, 0) is 11.3 Å². The first-order valence-electron chi connectivity index (χ1n) is 7.41. The van der Waals surface area contributed by atoms with E-state index in [0.29, 0.717) is 28.1 Å². The van der Waals surface area contributed by atoms with Crippen molar-refractivity contribution in [2.75, 3.05) is 5.32 Å². The van der Waals surface area contributed by atoms with E-state index >= 15 is 0 Å². The van der Waals surface area contributed by atoms with Crippen molar-refractivity contribution in [2.24, 2.45) is 0 Å². The van der Waals surface area contributed by atoms with Crippen LogP contribution in [-0.4, -0.2) is 41.5 Å². The molecule has 1 aromatic carbocycles. The number of hydrogen-bond acceptors (Lipinski definition) is 8. The quantitative estimate of drug-likeness (QED) is 0.642. The molecule has 0 spiro atoms. The molecule has 0 aliphatic carbocycles. The van der Waals surface area contributed by atoms with Crippen molar-refractivity contribution in [3.63, 3.8) is 0 Å². The number of hydrogen-bond donors (Lipinski definition) is 2. The molecule has 3 aromatic rings. The molecule has 2 heterocycles. The molecule has 9 nitrogen and oxygen atoms in total. The van der Waals surface area contributed by atoms with E-state index in [0.717, 1.165) is 10.4 Å². The minimum Gasteiger partial charge on any atom is -0.480 e. The van der Waals surface area contributed by atoms with Gasteiger partial charge in [-0.1, -0.05) is 42.0 Å². The molecule has 0 bridgehead atoms. The van der Waals surface area contributed by atoms with Gasteiger partial charge in [-0.2, -0.15) is 0 Å². The number of anilines is 1. The van der Waals surface area contributed by atoms with Crippen LogP contribution in [0, 0.1) is 0 Å². The number of nitrogens with one attached hydrogen (secondary N) is 1. The van der Waals surface area contributed by atoms with Gasteiger partial charge in [0.2, 0.25) is 11.0 Å². The Bertz CT molecular complexity index is 864. The van der Waals surface area contributed by atoms with Gasteiger partial charge in [0.05, 0.1) is 0 Å². The molecule has 1 atom stereocenters. The molecule has 3 rings (SSSR count). The SMILES string of the molecule is CCC(C(=O)O)n1nnc(-c2nnc(NCc3ccc(Cl)cc3)s2)n1. The van der Waals surface area contributed by atoms with Crippen LogP contribution in [0.3, 0.4) is 0 Å². The third-order valence-electron chi connectivity index (χ3n) is 3.35. The van der Waals surface area contributed by atoms with Crippen molar-refractivity contribution < 1.29 is 9.90 Å². The van der Waals surface area contributed by atoms with E-state index in [4.69, 9.17) is 16.7 Å². The number of aliphatic carboxylic acids is 1. The molecular formula is C14H14ClN7O2S. The number of nitrogens with zero attached hydrogens (tertiary/aromatic N) is 6. The molecular weight excluding hydrogens is 366 g/mol. The van der Waals surface area contributed by atoms with Crippen molar-refractivity contribution in [3.8, 4) is 10.8 Å². The van der Waals surface area contributed by atoms with Crippen molar-refractivity contribution >= 4 is 34.0 Å². The summed E-state index contributed by atoms with van der Waals surface area (Å²) in [6.07, 6.45) is 0.356. The molecule has 0 saturated carbocycles. The summed E-state index contributed by atoms with van der Waals surface area (Å²) < 4.78 is 0. The van der Waals surface area contributed by atoms with Crippen molar-refractivity contribution in [1.29, 1.82) is 0 Å². The normalized spacial score (nSPS) is 12.1. The third kappa shape index (κ3) is 4.09. The van der Waals surface area contributed by atoms with Crippen molar-refractivity contribution in [1.82, 2.24) is 30.4 Å². The monoisotopic (exact) mass is 379 g/mol. The Kier molecular flexibility index (Phi) is 5.19. The molecule has 0 amide bonds. The Labute approximate surface area is 151 Å². The average molecular weight is 380 g/mol. The van der Waals surface area contributed by atoms with E-state index in [9.17, 15) is 4.79 Å². The van der Waals surface area contributed by atoms with Gasteiger partial charge in [-0.3, -0.25) is 0 Å². The van der Waals surface area contributed by atoms with E-state index in [-0.39, 0.29) is 5.82 Å². The van der Waals surface area contributed by atoms with Crippen LogP contribution >= 0.6 is 22.9 Å². The summed E-state index contributed by atoms with van der Waals surface area (Å²) in [6.45, 7) is 2.31. The van der Waals surface area contributed by atoms with E-state index in [2.05, 4.69) is 30.9 Å². The number of carboxylic acid groups (broad SMARTS) is 1. The molecule has 0 fully saturated rings. The number of aromatic nitrogens is 6. The van der Waals surface area contributed by atoms with Gasteiger partial charge in [-0.25, -0.2) is 4.79 Å². The molecule has 0 aliphatic rings. The zero-order valence-electron chi connectivity index (χ0n) is 13.1. The lowest BCUT2D eigenvalue weighted by atomic mass is 10.2. The molecule has 0 aliphatic heterocycles. The number of tetrazole rings is 1. The maximum Gasteiger partial charge on any atom is 0.330 e. The van der Waals surface area contributed by atoms with Gasteiger partial charge in [-0.05, 0) is 29.3 Å². The zero-order valence-corrected chi connectivity index (χ0v) is 14.7. The van der Waals surface area contributed by atoms with E-state index < -0.39 is 12.0 Å². The molecule has 0 saturated heterocycles. The number of halogens is 1. The lowest BCUT2D eigenvalue weighted by Crippen LogP contribution is -2.20. The first-order chi connectivity index (χ1) is 12.1. The standard InChI is InChI=1S/C14H14ClN7O2S/c1-2-10(13(23)24)22-20-11(17-21-22)12-18-19-14(25-12)16-7-8-3-5-9(15)6-4-8/h3-6,10H,2,7H2,1H3,(H,16,19)(H,23,24). The summed E-state index contributed by atoms with van der Waals surface area (Å²) in [6, 6.07) is 6.62. The van der Waals surface area contributed by atoms with Gasteiger partial charge < -0.3 is 10.4 Å². The van der Waals surface area contributed by atoms with Gasteiger partial charge in [0, 0.05) is 11.6 Å². The molecule has 25 heavy (non-hydrogen) atoms. The minimum atomic E-state index is -1.01. The first kappa shape index (κ1) is 17.2. The minimum absolute atomic E-state index is 0.247. The second kappa shape index (κ2) is 7.53. The predicted octanol–water partition coefficient (Wildman–Crippen LogP) is 2.49. The van der Waals surface area contributed by atoms with Gasteiger partial charge in [-0.15, -0.1) is 25.2 Å². The highest BCUT2D eigenvalue weighted by atomic mass is 35.5. The fraction of sp³-hybridized carbons (Fsp3) is 0.286. The van der Waals surface area contributed by atoms with Gasteiger partial charge >= 0.3 is 5.97 Å². The number of carboxylic acids is 1. The van der Waals surface area contributed by atoms with Crippen LogP contribution in [0.25, 0.3) is 10.8 Å². The fourth-order valence-corrected chi connectivity index (χ4v) is 2.83. The average Bonchev–Trinajstić information content (AvgIpc) is 3.24. The van der Waals surface area contributed by atoms with Crippen LogP contribution in [0.15, 0.2) is 24.3 Å². The highest BCUT2D eigenvalue weighted by Gasteiger charge is 2.22. The smallest absolute Gasteiger partial charge is 0.330 e. The molecule has 2 aromatic heterocycles. The number of carbonyl (C=O) groups is 1. The molecule has 11 heteroatoms. The Hall–Kier alpha value is -2.59. The van der Waals surface area contributed by atoms with Crippen molar-refractivity contribution in [2.45, 2.75) is 25.9 Å². The van der Waals surface area contributed by atoms with Crippen LogP contribution in [0.2, 0.25) is 5.02 Å². The maximum atomic E-state index is 11.1. The summed E-state index contributed by atoms with van der Waals surface area (Å²) in [5.74, 6) is -0.759. The Morgan fingerprint density at radius 1 is 1.32 bits per heavy atom. The Balaban J connectivity index is 1.68. The van der Waals surface area contributed by atoms with Crippen LogP contribution in [0.1, 0.15) is 24.9 Å². The lowest BCUT2D eigenvalue weighted by molar-refractivity contribution is -0.141. The summed E-state index contributed by atoms with van der Waals surface area (Å²) in [4.78, 5) is 12.2. The summed E-state index contributed by atoms with van der Waals surface area (Å²) in [7, 11) is 0. The second-order valence-corrected chi connectivity index (χ2v) is 6.50. The summed E-state index contributed by atoms with van der Waals surface area (Å²) in [5.41, 5.74) is 1.05. The van der Waals surface area contributed by atoms with Crippen LogP contribution < -0.4 is 5.32 Å². The zero-order chi connectivity index (χ0) is 17.8. The summed E-state index contributed by atoms with van der Waals surface area (Å²) >= 11 is 7.12. The van der Waals surface area contributed by atoms with E-state index in [1.54, 1.807) is 6.92 Å². The van der Waals surface area contributed by atoms with Crippen molar-refractivity contribution in [3.05, 3.63) is 34.9 Å². The maximum absolute atomic E-state index is 11.1. The fourth-order valence-electron chi connectivity index (χ4n) is 2.04. The van der Waals surface area contributed by atoms with Gasteiger partial charge in [0.15, 0.2) is 11.0 Å². The topological polar surface area (TPSA) is 119 Å². The van der Waals surface area contributed by atoms with E-state index in [1.165, 1.54) is 11.3 Å². The van der Waals surface area contributed by atoms with Crippen LogP contribution in [0.5, 0.6) is 0 Å². The molecule has 1 unspecified atom stereocenters. The largest absolute Gasteiger partial charge is 0.480 e. The molecule has 0 radical (unpaired) electrons. The molecule has 130 valence electrons. The third-order valence-corrected chi connectivity index (χ3v) is 4.48. The molecule has 2 N–H and O–H groups in total. The van der Waals surface area contributed by atoms with Gasteiger partial charge in [0.1, 0.15) is 0 Å². The van der Waals surface area contributed by atoms with E-state index in [1.807, 2.05) is 24.3 Å². The number of benzene rings is 1. The lowest BCUT2D eigenvalue weighted by Gasteiger charge is -2.05. The first-order valence-corrected chi connectivity index (χ1v) is 8.60. The second-order valence-electron chi connectivity index (χ2n) is 5.09. The number of rotatable bonds is 7.